The Morgan fingerprint density at radius 3 is 2.70 bits per heavy atom. The van der Waals surface area contributed by atoms with E-state index in [0.29, 0.717) is 11.6 Å². The topological polar surface area (TPSA) is 84.2 Å². The summed E-state index contributed by atoms with van der Waals surface area (Å²) in [6, 6.07) is 7.25. The lowest BCUT2D eigenvalue weighted by Crippen LogP contribution is -2.38. The first-order chi connectivity index (χ1) is 13.0. The lowest BCUT2D eigenvalue weighted by Gasteiger charge is -2.27. The van der Waals surface area contributed by atoms with Gasteiger partial charge in [0.2, 0.25) is 11.8 Å². The first kappa shape index (κ1) is 19.5. The van der Waals surface area contributed by atoms with Gasteiger partial charge in [0, 0.05) is 16.5 Å². The number of rotatable bonds is 7. The standard InChI is InChI=1S/C20H25N3O3S/c1-12(2)17(23-18(24)13-6-4-7-13)20-22-16(11-26-20)19(25)21-14-8-5-9-15(10-14)27-3/h5,8-13,17H,4,6-7H2,1-3H3,(H,21,25)(H,23,24)/t17-/m1/s1. The molecule has 27 heavy (non-hydrogen) atoms. The molecule has 0 unspecified atom stereocenters. The van der Waals surface area contributed by atoms with E-state index in [2.05, 4.69) is 15.6 Å². The Morgan fingerprint density at radius 2 is 2.07 bits per heavy atom. The van der Waals surface area contributed by atoms with Gasteiger partial charge in [-0.05, 0) is 43.2 Å². The van der Waals surface area contributed by atoms with Crippen LogP contribution >= 0.6 is 11.8 Å². The normalized spacial score (nSPS) is 15.3. The van der Waals surface area contributed by atoms with E-state index >= 15 is 0 Å². The summed E-state index contributed by atoms with van der Waals surface area (Å²) in [4.78, 5) is 30.2. The van der Waals surface area contributed by atoms with Gasteiger partial charge < -0.3 is 15.1 Å². The third kappa shape index (κ3) is 4.71. The van der Waals surface area contributed by atoms with Gasteiger partial charge in [-0.3, -0.25) is 9.59 Å². The van der Waals surface area contributed by atoms with Crippen LogP contribution in [0.25, 0.3) is 0 Å². The van der Waals surface area contributed by atoms with E-state index in [1.54, 1.807) is 11.8 Å². The number of nitrogens with zero attached hydrogens (tertiary/aromatic N) is 1. The molecular weight excluding hydrogens is 362 g/mol. The molecule has 0 bridgehead atoms. The molecule has 2 N–H and O–H groups in total. The number of oxazole rings is 1. The Hall–Kier alpha value is -2.28. The third-order valence-corrected chi connectivity index (χ3v) is 5.51. The van der Waals surface area contributed by atoms with Crippen molar-refractivity contribution in [3.05, 3.63) is 42.1 Å². The van der Waals surface area contributed by atoms with E-state index in [1.807, 2.05) is 44.4 Å². The van der Waals surface area contributed by atoms with E-state index in [1.165, 1.54) is 6.26 Å². The summed E-state index contributed by atoms with van der Waals surface area (Å²) in [6.07, 6.45) is 6.30. The van der Waals surface area contributed by atoms with Crippen molar-refractivity contribution in [1.29, 1.82) is 0 Å². The minimum Gasteiger partial charge on any atom is -0.446 e. The van der Waals surface area contributed by atoms with Crippen molar-refractivity contribution in [2.24, 2.45) is 11.8 Å². The van der Waals surface area contributed by atoms with Gasteiger partial charge in [-0.15, -0.1) is 11.8 Å². The molecule has 1 aromatic heterocycles. The monoisotopic (exact) mass is 387 g/mol. The molecule has 1 aliphatic carbocycles. The molecule has 144 valence electrons. The summed E-state index contributed by atoms with van der Waals surface area (Å²) in [6.45, 7) is 3.98. The highest BCUT2D eigenvalue weighted by atomic mass is 32.2. The largest absolute Gasteiger partial charge is 0.446 e. The first-order valence-corrected chi connectivity index (χ1v) is 10.4. The van der Waals surface area contributed by atoms with E-state index < -0.39 is 0 Å². The average molecular weight is 388 g/mol. The minimum atomic E-state index is -0.348. The number of carbonyl (C=O) groups is 2. The Balaban J connectivity index is 1.69. The van der Waals surface area contributed by atoms with Gasteiger partial charge in [-0.1, -0.05) is 26.3 Å². The summed E-state index contributed by atoms with van der Waals surface area (Å²) in [5.41, 5.74) is 0.901. The molecule has 1 aliphatic rings. The van der Waals surface area contributed by atoms with E-state index in [9.17, 15) is 9.59 Å². The zero-order chi connectivity index (χ0) is 19.4. The molecule has 1 aromatic carbocycles. The van der Waals surface area contributed by atoms with Gasteiger partial charge in [0.15, 0.2) is 5.69 Å². The Morgan fingerprint density at radius 1 is 1.30 bits per heavy atom. The van der Waals surface area contributed by atoms with E-state index in [0.717, 1.165) is 24.2 Å². The van der Waals surface area contributed by atoms with Crippen LogP contribution in [-0.4, -0.2) is 23.1 Å². The number of carbonyl (C=O) groups excluding carboxylic acids is 2. The SMILES string of the molecule is CSc1cccc(NC(=O)c2coc([C@H](NC(=O)C3CCC3)C(C)C)n2)c1. The Kier molecular flexibility index (Phi) is 6.21. The van der Waals surface area contributed by atoms with E-state index in [-0.39, 0.29) is 35.4 Å². The van der Waals surface area contributed by atoms with Crippen LogP contribution in [-0.2, 0) is 4.79 Å². The molecule has 0 aliphatic heterocycles. The van der Waals surface area contributed by atoms with Gasteiger partial charge in [0.25, 0.3) is 5.91 Å². The van der Waals surface area contributed by atoms with Gasteiger partial charge >= 0.3 is 0 Å². The molecule has 0 saturated heterocycles. The van der Waals surface area contributed by atoms with Gasteiger partial charge in [0.1, 0.15) is 12.3 Å². The molecule has 0 spiro atoms. The number of hydrogen-bond acceptors (Lipinski definition) is 5. The third-order valence-electron chi connectivity index (χ3n) is 4.79. The predicted octanol–water partition coefficient (Wildman–Crippen LogP) is 4.26. The summed E-state index contributed by atoms with van der Waals surface area (Å²) in [7, 11) is 0. The highest BCUT2D eigenvalue weighted by Gasteiger charge is 2.30. The minimum absolute atomic E-state index is 0.0398. The molecule has 6 nitrogen and oxygen atoms in total. The van der Waals surface area contributed by atoms with Crippen LogP contribution in [0, 0.1) is 11.8 Å². The van der Waals surface area contributed by atoms with Crippen LogP contribution < -0.4 is 10.6 Å². The fourth-order valence-electron chi connectivity index (χ4n) is 2.89. The molecule has 7 heteroatoms. The van der Waals surface area contributed by atoms with Crippen molar-refractivity contribution in [3.63, 3.8) is 0 Å². The molecule has 1 atom stereocenters. The summed E-state index contributed by atoms with van der Waals surface area (Å²) < 4.78 is 5.53. The maximum Gasteiger partial charge on any atom is 0.277 e. The van der Waals surface area contributed by atoms with Gasteiger partial charge in [0.05, 0.1) is 0 Å². The molecule has 2 amide bonds. The number of anilines is 1. The van der Waals surface area contributed by atoms with Crippen molar-refractivity contribution in [1.82, 2.24) is 10.3 Å². The second-order valence-electron chi connectivity index (χ2n) is 7.12. The van der Waals surface area contributed by atoms with Crippen LogP contribution in [0.15, 0.2) is 39.8 Å². The number of thioether (sulfide) groups is 1. The number of nitrogens with one attached hydrogen (secondary N) is 2. The smallest absolute Gasteiger partial charge is 0.277 e. The first-order valence-electron chi connectivity index (χ1n) is 9.19. The van der Waals surface area contributed by atoms with Crippen LogP contribution in [0.3, 0.4) is 0 Å². The second kappa shape index (κ2) is 8.61. The lowest BCUT2D eigenvalue weighted by atomic mass is 9.84. The predicted molar refractivity (Wildman–Crippen MR) is 106 cm³/mol. The van der Waals surface area contributed by atoms with Crippen molar-refractivity contribution < 1.29 is 14.0 Å². The molecule has 0 radical (unpaired) electrons. The number of aromatic nitrogens is 1. The van der Waals surface area contributed by atoms with Crippen molar-refractivity contribution in [2.75, 3.05) is 11.6 Å². The zero-order valence-corrected chi connectivity index (χ0v) is 16.6. The molecule has 1 saturated carbocycles. The maximum atomic E-state index is 12.5. The Bertz CT molecular complexity index is 814. The Labute approximate surface area is 163 Å². The highest BCUT2D eigenvalue weighted by molar-refractivity contribution is 7.98. The van der Waals surface area contributed by atoms with Crippen molar-refractivity contribution in [2.45, 2.75) is 44.0 Å². The van der Waals surface area contributed by atoms with Crippen molar-refractivity contribution >= 4 is 29.3 Å². The summed E-state index contributed by atoms with van der Waals surface area (Å²) >= 11 is 1.61. The highest BCUT2D eigenvalue weighted by Crippen LogP contribution is 2.29. The van der Waals surface area contributed by atoms with Gasteiger partial charge in [-0.2, -0.15) is 0 Å². The van der Waals surface area contributed by atoms with E-state index in [4.69, 9.17) is 4.42 Å². The van der Waals surface area contributed by atoms with Crippen LogP contribution in [0.5, 0.6) is 0 Å². The molecule has 3 rings (SSSR count). The zero-order valence-electron chi connectivity index (χ0n) is 15.8. The fraction of sp³-hybridized carbons (Fsp3) is 0.450. The molecule has 1 heterocycles. The number of hydrogen-bond donors (Lipinski definition) is 2. The summed E-state index contributed by atoms with van der Waals surface area (Å²) in [5.74, 6) is 0.254. The maximum absolute atomic E-state index is 12.5. The van der Waals surface area contributed by atoms with Gasteiger partial charge in [-0.25, -0.2) is 4.98 Å². The fourth-order valence-corrected chi connectivity index (χ4v) is 3.35. The van der Waals surface area contributed by atoms with Crippen LogP contribution in [0.2, 0.25) is 0 Å². The molecule has 2 aromatic rings. The number of benzene rings is 1. The average Bonchev–Trinajstić information content (AvgIpc) is 3.08. The quantitative estimate of drug-likeness (QED) is 0.694. The lowest BCUT2D eigenvalue weighted by molar-refractivity contribution is -0.128. The van der Waals surface area contributed by atoms with Crippen LogP contribution in [0.1, 0.15) is 55.5 Å². The second-order valence-corrected chi connectivity index (χ2v) is 7.99. The molecular formula is C20H25N3O3S. The number of amides is 2. The molecule has 1 fully saturated rings. The van der Waals surface area contributed by atoms with Crippen molar-refractivity contribution in [3.8, 4) is 0 Å². The van der Waals surface area contributed by atoms with Crippen LogP contribution in [0.4, 0.5) is 5.69 Å². The summed E-state index contributed by atoms with van der Waals surface area (Å²) in [5, 5.41) is 5.85.